The van der Waals surface area contributed by atoms with Crippen molar-refractivity contribution in [3.05, 3.63) is 22.8 Å². The van der Waals surface area contributed by atoms with Gasteiger partial charge in [0.2, 0.25) is 0 Å². The molecule has 0 saturated heterocycles. The Balaban J connectivity index is 2.67. The van der Waals surface area contributed by atoms with Crippen LogP contribution in [0, 0.1) is 13.8 Å². The van der Waals surface area contributed by atoms with Crippen LogP contribution < -0.4 is 5.32 Å². The maximum atomic E-state index is 4.69. The average molecular weight is 278 g/mol. The first-order valence-electron chi connectivity index (χ1n) is 7.88. The minimum atomic E-state index is 0.941. The molecule has 1 heterocycles. The van der Waals surface area contributed by atoms with Crippen molar-refractivity contribution in [3.63, 3.8) is 0 Å². The standard InChI is InChI=1S/C16H30N4/c1-6-17-11-9-15-13(4)18-16(19-14(15)5)10-12-20(7-2)8-3/h17H,6-12H2,1-5H3. The van der Waals surface area contributed by atoms with Gasteiger partial charge in [-0.25, -0.2) is 9.97 Å². The fourth-order valence-electron chi connectivity index (χ4n) is 2.47. The molecule has 0 aliphatic heterocycles. The van der Waals surface area contributed by atoms with Gasteiger partial charge in [0.05, 0.1) is 0 Å². The van der Waals surface area contributed by atoms with Gasteiger partial charge in [-0.1, -0.05) is 20.8 Å². The van der Waals surface area contributed by atoms with E-state index in [0.29, 0.717) is 0 Å². The molecule has 0 radical (unpaired) electrons. The molecule has 0 aliphatic rings. The van der Waals surface area contributed by atoms with Crippen molar-refractivity contribution in [3.8, 4) is 0 Å². The van der Waals surface area contributed by atoms with Gasteiger partial charge >= 0.3 is 0 Å². The SMILES string of the molecule is CCNCCc1c(C)nc(CCN(CC)CC)nc1C. The second kappa shape index (κ2) is 9.03. The molecule has 0 aromatic carbocycles. The van der Waals surface area contributed by atoms with Gasteiger partial charge in [-0.15, -0.1) is 0 Å². The van der Waals surface area contributed by atoms with E-state index in [1.165, 1.54) is 5.56 Å². The summed E-state index contributed by atoms with van der Waals surface area (Å²) in [6.07, 6.45) is 1.96. The monoisotopic (exact) mass is 278 g/mol. The molecule has 0 atom stereocenters. The zero-order valence-corrected chi connectivity index (χ0v) is 13.8. The Kier molecular flexibility index (Phi) is 7.70. The number of likely N-dealkylation sites (N-methyl/N-ethyl adjacent to an activating group) is 2. The highest BCUT2D eigenvalue weighted by Gasteiger charge is 2.09. The van der Waals surface area contributed by atoms with Crippen molar-refractivity contribution >= 4 is 0 Å². The number of aryl methyl sites for hydroxylation is 2. The summed E-state index contributed by atoms with van der Waals surface area (Å²) >= 11 is 0. The molecule has 4 heteroatoms. The molecule has 0 unspecified atom stereocenters. The topological polar surface area (TPSA) is 41.1 Å². The van der Waals surface area contributed by atoms with Crippen LogP contribution in [0.15, 0.2) is 0 Å². The molecular formula is C16H30N4. The van der Waals surface area contributed by atoms with E-state index in [2.05, 4.69) is 54.8 Å². The summed E-state index contributed by atoms with van der Waals surface area (Å²) in [7, 11) is 0. The molecule has 20 heavy (non-hydrogen) atoms. The van der Waals surface area contributed by atoms with E-state index in [1.54, 1.807) is 0 Å². The fourth-order valence-corrected chi connectivity index (χ4v) is 2.47. The first-order chi connectivity index (χ1) is 9.62. The molecule has 0 bridgehead atoms. The van der Waals surface area contributed by atoms with Crippen LogP contribution in [0.3, 0.4) is 0 Å². The molecule has 0 amide bonds. The quantitative estimate of drug-likeness (QED) is 0.703. The van der Waals surface area contributed by atoms with Crippen LogP contribution in [0.1, 0.15) is 43.5 Å². The third kappa shape index (κ3) is 5.17. The largest absolute Gasteiger partial charge is 0.317 e. The van der Waals surface area contributed by atoms with Crippen molar-refractivity contribution < 1.29 is 0 Å². The summed E-state index contributed by atoms with van der Waals surface area (Å²) in [6.45, 7) is 16.0. The van der Waals surface area contributed by atoms with Gasteiger partial charge in [-0.3, -0.25) is 0 Å². The van der Waals surface area contributed by atoms with E-state index in [-0.39, 0.29) is 0 Å². The van der Waals surface area contributed by atoms with Crippen LogP contribution in [0.2, 0.25) is 0 Å². The molecule has 0 fully saturated rings. The van der Waals surface area contributed by atoms with E-state index in [4.69, 9.17) is 0 Å². The molecule has 0 aliphatic carbocycles. The van der Waals surface area contributed by atoms with Gasteiger partial charge in [-0.2, -0.15) is 0 Å². The maximum Gasteiger partial charge on any atom is 0.130 e. The van der Waals surface area contributed by atoms with Gasteiger partial charge in [0.1, 0.15) is 5.82 Å². The normalized spacial score (nSPS) is 11.3. The first kappa shape index (κ1) is 17.1. The lowest BCUT2D eigenvalue weighted by molar-refractivity contribution is 0.305. The summed E-state index contributed by atoms with van der Waals surface area (Å²) in [6, 6.07) is 0. The number of nitrogens with zero attached hydrogens (tertiary/aromatic N) is 3. The first-order valence-corrected chi connectivity index (χ1v) is 7.88. The smallest absolute Gasteiger partial charge is 0.130 e. The predicted octanol–water partition coefficient (Wildman–Crippen LogP) is 2.13. The van der Waals surface area contributed by atoms with Gasteiger partial charge in [0.25, 0.3) is 0 Å². The fraction of sp³-hybridized carbons (Fsp3) is 0.750. The Hall–Kier alpha value is -1.00. The van der Waals surface area contributed by atoms with E-state index >= 15 is 0 Å². The van der Waals surface area contributed by atoms with Gasteiger partial charge < -0.3 is 10.2 Å². The van der Waals surface area contributed by atoms with E-state index in [0.717, 1.165) is 62.8 Å². The Labute approximate surface area is 124 Å². The van der Waals surface area contributed by atoms with E-state index in [1.807, 2.05) is 0 Å². The number of aromatic nitrogens is 2. The lowest BCUT2D eigenvalue weighted by atomic mass is 10.1. The summed E-state index contributed by atoms with van der Waals surface area (Å²) in [5.41, 5.74) is 3.59. The van der Waals surface area contributed by atoms with Crippen molar-refractivity contribution in [2.45, 2.75) is 47.5 Å². The highest BCUT2D eigenvalue weighted by Crippen LogP contribution is 2.11. The van der Waals surface area contributed by atoms with Crippen LogP contribution in [-0.4, -0.2) is 47.6 Å². The van der Waals surface area contributed by atoms with Gasteiger partial charge in [0.15, 0.2) is 0 Å². The van der Waals surface area contributed by atoms with Gasteiger partial charge in [0, 0.05) is 24.4 Å². The van der Waals surface area contributed by atoms with Crippen molar-refractivity contribution in [2.24, 2.45) is 0 Å². The lowest BCUT2D eigenvalue weighted by Crippen LogP contribution is -2.26. The summed E-state index contributed by atoms with van der Waals surface area (Å²) in [5.74, 6) is 0.985. The molecule has 1 aromatic rings. The van der Waals surface area contributed by atoms with Gasteiger partial charge in [-0.05, 0) is 52.0 Å². The number of hydrogen-bond donors (Lipinski definition) is 1. The Morgan fingerprint density at radius 1 is 0.950 bits per heavy atom. The minimum absolute atomic E-state index is 0.941. The Morgan fingerprint density at radius 3 is 2.05 bits per heavy atom. The second-order valence-corrected chi connectivity index (χ2v) is 5.17. The third-order valence-electron chi connectivity index (χ3n) is 3.81. The Bertz CT molecular complexity index is 376. The molecule has 114 valence electrons. The van der Waals surface area contributed by atoms with Crippen molar-refractivity contribution in [1.29, 1.82) is 0 Å². The molecule has 4 nitrogen and oxygen atoms in total. The number of hydrogen-bond acceptors (Lipinski definition) is 4. The molecule has 0 spiro atoms. The molecule has 1 aromatic heterocycles. The Morgan fingerprint density at radius 2 is 1.55 bits per heavy atom. The van der Waals surface area contributed by atoms with Crippen molar-refractivity contribution in [2.75, 3.05) is 32.7 Å². The number of rotatable bonds is 9. The number of nitrogens with one attached hydrogen (secondary N) is 1. The minimum Gasteiger partial charge on any atom is -0.317 e. The van der Waals surface area contributed by atoms with Crippen LogP contribution >= 0.6 is 0 Å². The highest BCUT2D eigenvalue weighted by molar-refractivity contribution is 5.24. The van der Waals surface area contributed by atoms with Crippen LogP contribution in [0.4, 0.5) is 0 Å². The van der Waals surface area contributed by atoms with E-state index in [9.17, 15) is 0 Å². The van der Waals surface area contributed by atoms with Crippen molar-refractivity contribution in [1.82, 2.24) is 20.2 Å². The molecule has 1 N–H and O–H groups in total. The second-order valence-electron chi connectivity index (χ2n) is 5.17. The van der Waals surface area contributed by atoms with Crippen LogP contribution in [0.5, 0.6) is 0 Å². The molecular weight excluding hydrogens is 248 g/mol. The molecule has 0 saturated carbocycles. The van der Waals surface area contributed by atoms with Crippen LogP contribution in [0.25, 0.3) is 0 Å². The third-order valence-corrected chi connectivity index (χ3v) is 3.81. The maximum absolute atomic E-state index is 4.69. The lowest BCUT2D eigenvalue weighted by Gasteiger charge is -2.18. The molecule has 1 rings (SSSR count). The summed E-state index contributed by atoms with van der Waals surface area (Å²) < 4.78 is 0. The average Bonchev–Trinajstić information content (AvgIpc) is 2.43. The van der Waals surface area contributed by atoms with E-state index < -0.39 is 0 Å². The van der Waals surface area contributed by atoms with Crippen LogP contribution in [-0.2, 0) is 12.8 Å². The summed E-state index contributed by atoms with van der Waals surface area (Å²) in [4.78, 5) is 11.8. The predicted molar refractivity (Wildman–Crippen MR) is 85.2 cm³/mol. The zero-order valence-electron chi connectivity index (χ0n) is 13.8. The highest BCUT2D eigenvalue weighted by atomic mass is 15.1. The zero-order chi connectivity index (χ0) is 15.0. The summed E-state index contributed by atoms with van der Waals surface area (Å²) in [5, 5.41) is 3.36.